The van der Waals surface area contributed by atoms with Gasteiger partial charge in [0.25, 0.3) is 0 Å². The molecule has 0 saturated carbocycles. The molecule has 0 aliphatic heterocycles. The molecule has 3 heteroatoms. The quantitative estimate of drug-likeness (QED) is 0.785. The van der Waals surface area contributed by atoms with Gasteiger partial charge in [-0.05, 0) is 34.5 Å². The van der Waals surface area contributed by atoms with Gasteiger partial charge in [-0.2, -0.15) is 0 Å². The maximum atomic E-state index is 6.28. The average Bonchev–Trinajstić information content (AvgIpc) is 2.95. The number of benzene rings is 2. The molecular weight excluding hydrogens is 250 g/mol. The first kappa shape index (κ1) is 12.9. The summed E-state index contributed by atoms with van der Waals surface area (Å²) in [6.45, 7) is 0.463. The molecule has 3 nitrogen and oxygen atoms in total. The summed E-state index contributed by atoms with van der Waals surface area (Å²) in [6.07, 6.45) is 0. The Kier molecular flexibility index (Phi) is 3.54. The zero-order chi connectivity index (χ0) is 13.9. The Balaban J connectivity index is 1.92. The average molecular weight is 267 g/mol. The topological polar surface area (TPSA) is 48.4 Å². The van der Waals surface area contributed by atoms with Crippen LogP contribution in [0.25, 0.3) is 10.8 Å². The Hall–Kier alpha value is -2.10. The molecule has 0 bridgehead atoms. The summed E-state index contributed by atoms with van der Waals surface area (Å²) < 4.78 is 10.8. The molecule has 0 amide bonds. The minimum atomic E-state index is -0.259. The fraction of sp³-hybridized carbons (Fsp3) is 0.176. The van der Waals surface area contributed by atoms with Crippen molar-refractivity contribution in [1.82, 2.24) is 0 Å². The third-order valence-electron chi connectivity index (χ3n) is 3.41. The van der Waals surface area contributed by atoms with Gasteiger partial charge in [0.05, 0.1) is 6.04 Å². The van der Waals surface area contributed by atoms with Crippen LogP contribution in [0.4, 0.5) is 0 Å². The molecular formula is C17H17NO2. The normalized spacial score (nSPS) is 12.7. The second kappa shape index (κ2) is 5.49. The first-order valence-corrected chi connectivity index (χ1v) is 6.60. The van der Waals surface area contributed by atoms with E-state index < -0.39 is 0 Å². The van der Waals surface area contributed by atoms with E-state index in [0.29, 0.717) is 6.61 Å². The molecule has 0 saturated heterocycles. The lowest BCUT2D eigenvalue weighted by atomic mass is 10.0. The third kappa shape index (κ3) is 2.46. The fourth-order valence-corrected chi connectivity index (χ4v) is 2.35. The molecule has 0 aliphatic rings. The number of hydrogen-bond donors (Lipinski definition) is 1. The summed E-state index contributed by atoms with van der Waals surface area (Å²) in [5.41, 5.74) is 7.33. The van der Waals surface area contributed by atoms with Gasteiger partial charge in [-0.1, -0.05) is 36.4 Å². The predicted octanol–water partition coefficient (Wildman–Crippen LogP) is 3.63. The van der Waals surface area contributed by atoms with E-state index in [1.54, 1.807) is 7.11 Å². The molecule has 1 unspecified atom stereocenters. The fourth-order valence-electron chi connectivity index (χ4n) is 2.35. The highest BCUT2D eigenvalue weighted by atomic mass is 16.5. The van der Waals surface area contributed by atoms with E-state index in [1.165, 1.54) is 10.8 Å². The van der Waals surface area contributed by atoms with Crippen LogP contribution in [0.15, 0.2) is 59.0 Å². The van der Waals surface area contributed by atoms with Crippen LogP contribution >= 0.6 is 0 Å². The van der Waals surface area contributed by atoms with Crippen molar-refractivity contribution in [3.63, 3.8) is 0 Å². The molecule has 2 N–H and O–H groups in total. The maximum Gasteiger partial charge on any atom is 0.129 e. The molecule has 1 heterocycles. The van der Waals surface area contributed by atoms with Crippen molar-refractivity contribution in [2.45, 2.75) is 12.6 Å². The second-order valence-corrected chi connectivity index (χ2v) is 4.82. The number of nitrogens with two attached hydrogens (primary N) is 1. The van der Waals surface area contributed by atoms with Crippen molar-refractivity contribution in [2.75, 3.05) is 7.11 Å². The Morgan fingerprint density at radius 3 is 2.65 bits per heavy atom. The van der Waals surface area contributed by atoms with Gasteiger partial charge < -0.3 is 14.9 Å². The highest BCUT2D eigenvalue weighted by Gasteiger charge is 2.13. The summed E-state index contributed by atoms with van der Waals surface area (Å²) in [5, 5.41) is 2.40. The lowest BCUT2D eigenvalue weighted by Gasteiger charge is -2.10. The van der Waals surface area contributed by atoms with Crippen LogP contribution in [-0.4, -0.2) is 7.11 Å². The van der Waals surface area contributed by atoms with Crippen molar-refractivity contribution >= 4 is 10.8 Å². The molecule has 0 aliphatic carbocycles. The van der Waals surface area contributed by atoms with E-state index in [1.807, 2.05) is 30.3 Å². The number of methoxy groups -OCH3 is 1. The van der Waals surface area contributed by atoms with E-state index in [9.17, 15) is 0 Å². The first-order chi connectivity index (χ1) is 9.78. The monoisotopic (exact) mass is 267 g/mol. The summed E-state index contributed by atoms with van der Waals surface area (Å²) in [7, 11) is 1.64. The molecule has 0 fully saturated rings. The number of hydrogen-bond acceptors (Lipinski definition) is 3. The molecule has 20 heavy (non-hydrogen) atoms. The van der Waals surface area contributed by atoms with Crippen LogP contribution in [0, 0.1) is 0 Å². The Labute approximate surface area is 118 Å². The van der Waals surface area contributed by atoms with E-state index in [-0.39, 0.29) is 6.04 Å². The van der Waals surface area contributed by atoms with Crippen LogP contribution < -0.4 is 5.73 Å². The number of fused-ring (bicyclic) bond motifs is 1. The molecule has 102 valence electrons. The molecule has 3 aromatic rings. The van der Waals surface area contributed by atoms with E-state index in [0.717, 1.165) is 17.1 Å². The number of ether oxygens (including phenoxy) is 1. The van der Waals surface area contributed by atoms with Crippen LogP contribution in [0.5, 0.6) is 0 Å². The molecule has 0 spiro atoms. The van der Waals surface area contributed by atoms with E-state index in [2.05, 4.69) is 24.3 Å². The van der Waals surface area contributed by atoms with Crippen LogP contribution in [0.1, 0.15) is 23.1 Å². The lowest BCUT2D eigenvalue weighted by Crippen LogP contribution is -2.10. The van der Waals surface area contributed by atoms with E-state index in [4.69, 9.17) is 14.9 Å². The highest BCUT2D eigenvalue weighted by Crippen LogP contribution is 2.25. The summed E-state index contributed by atoms with van der Waals surface area (Å²) in [4.78, 5) is 0. The zero-order valence-corrected chi connectivity index (χ0v) is 11.4. The summed E-state index contributed by atoms with van der Waals surface area (Å²) in [6, 6.07) is 18.0. The molecule has 3 rings (SSSR count). The van der Waals surface area contributed by atoms with Crippen LogP contribution in [0.3, 0.4) is 0 Å². The van der Waals surface area contributed by atoms with Crippen LogP contribution in [0.2, 0.25) is 0 Å². The first-order valence-electron chi connectivity index (χ1n) is 6.60. The minimum absolute atomic E-state index is 0.259. The number of furan rings is 1. The van der Waals surface area contributed by atoms with E-state index >= 15 is 0 Å². The van der Waals surface area contributed by atoms with Gasteiger partial charge in [0.1, 0.15) is 18.1 Å². The molecule has 0 radical (unpaired) electrons. The van der Waals surface area contributed by atoms with Gasteiger partial charge in [0.2, 0.25) is 0 Å². The van der Waals surface area contributed by atoms with Crippen LogP contribution in [-0.2, 0) is 11.3 Å². The molecule has 1 atom stereocenters. The summed E-state index contributed by atoms with van der Waals surface area (Å²) in [5.74, 6) is 1.55. The van der Waals surface area contributed by atoms with Gasteiger partial charge in [-0.25, -0.2) is 0 Å². The summed E-state index contributed by atoms with van der Waals surface area (Å²) >= 11 is 0. The largest absolute Gasteiger partial charge is 0.462 e. The Bertz CT molecular complexity index is 718. The Morgan fingerprint density at radius 2 is 1.85 bits per heavy atom. The standard InChI is InChI=1S/C17H17NO2/c1-19-11-15-8-9-16(20-15)17(18)14-7-6-12-4-2-3-5-13(12)10-14/h2-10,17H,11,18H2,1H3. The van der Waals surface area contributed by atoms with Crippen molar-refractivity contribution in [3.8, 4) is 0 Å². The van der Waals surface area contributed by atoms with Gasteiger partial charge in [0, 0.05) is 7.11 Å². The minimum Gasteiger partial charge on any atom is -0.462 e. The van der Waals surface area contributed by atoms with Gasteiger partial charge in [-0.3, -0.25) is 0 Å². The third-order valence-corrected chi connectivity index (χ3v) is 3.41. The van der Waals surface area contributed by atoms with Gasteiger partial charge >= 0.3 is 0 Å². The smallest absolute Gasteiger partial charge is 0.129 e. The predicted molar refractivity (Wildman–Crippen MR) is 79.4 cm³/mol. The SMILES string of the molecule is COCc1ccc(C(N)c2ccc3ccccc3c2)o1. The molecule has 1 aromatic heterocycles. The lowest BCUT2D eigenvalue weighted by molar-refractivity contribution is 0.162. The number of rotatable bonds is 4. The Morgan fingerprint density at radius 1 is 1.05 bits per heavy atom. The van der Waals surface area contributed by atoms with Gasteiger partial charge in [-0.15, -0.1) is 0 Å². The van der Waals surface area contributed by atoms with Gasteiger partial charge in [0.15, 0.2) is 0 Å². The highest BCUT2D eigenvalue weighted by molar-refractivity contribution is 5.83. The molecule has 2 aromatic carbocycles. The zero-order valence-electron chi connectivity index (χ0n) is 11.4. The van der Waals surface area contributed by atoms with Crippen molar-refractivity contribution < 1.29 is 9.15 Å². The van der Waals surface area contributed by atoms with Crippen molar-refractivity contribution in [2.24, 2.45) is 5.73 Å². The van der Waals surface area contributed by atoms with Crippen molar-refractivity contribution in [3.05, 3.63) is 71.7 Å². The second-order valence-electron chi connectivity index (χ2n) is 4.82. The van der Waals surface area contributed by atoms with Crippen molar-refractivity contribution in [1.29, 1.82) is 0 Å². The maximum absolute atomic E-state index is 6.28.